The Morgan fingerprint density at radius 2 is 1.60 bits per heavy atom. The Bertz CT molecular complexity index is 869. The van der Waals surface area contributed by atoms with Gasteiger partial charge in [-0.3, -0.25) is 5.43 Å². The largest absolute Gasteiger partial charge is 0.455 e. The number of hydrazone groups is 1. The highest BCUT2D eigenvalue weighted by molar-refractivity contribution is 9.10. The predicted molar refractivity (Wildman–Crippen MR) is 94.5 cm³/mol. The average Bonchev–Trinajstić information content (AvgIpc) is 3.04. The lowest BCUT2D eigenvalue weighted by atomic mass is 10.2. The first-order valence-electron chi connectivity index (χ1n) is 7.24. The standard InChI is InChI=1S/C18H12BrF3N2O/c19-14-5-1-12(2-6-14)17-10-9-16(25-17)11-23-24-15-7-3-13(4-8-15)18(20,21)22/h1-11,24H/b23-11-. The second-order valence-electron chi connectivity index (χ2n) is 5.15. The fraction of sp³-hybridized carbons (Fsp3) is 0.0556. The van der Waals surface area contributed by atoms with Gasteiger partial charge in [-0.05, 0) is 48.5 Å². The quantitative estimate of drug-likeness (QED) is 0.413. The molecule has 0 amide bonds. The van der Waals surface area contributed by atoms with Gasteiger partial charge >= 0.3 is 6.18 Å². The van der Waals surface area contributed by atoms with Gasteiger partial charge in [0.25, 0.3) is 0 Å². The van der Waals surface area contributed by atoms with Crippen molar-refractivity contribution >= 4 is 27.8 Å². The van der Waals surface area contributed by atoms with E-state index in [-0.39, 0.29) is 0 Å². The number of benzene rings is 2. The molecule has 0 aliphatic heterocycles. The molecule has 0 fully saturated rings. The topological polar surface area (TPSA) is 37.5 Å². The molecule has 0 unspecified atom stereocenters. The number of halogens is 4. The van der Waals surface area contributed by atoms with Gasteiger partial charge in [-0.2, -0.15) is 18.3 Å². The van der Waals surface area contributed by atoms with Crippen LogP contribution < -0.4 is 5.43 Å². The lowest BCUT2D eigenvalue weighted by Gasteiger charge is -2.06. The van der Waals surface area contributed by atoms with Gasteiger partial charge < -0.3 is 4.42 Å². The van der Waals surface area contributed by atoms with Crippen LogP contribution in [0.25, 0.3) is 11.3 Å². The average molecular weight is 409 g/mol. The minimum absolute atomic E-state index is 0.448. The van der Waals surface area contributed by atoms with Crippen LogP contribution >= 0.6 is 15.9 Å². The molecule has 0 bridgehead atoms. The molecule has 3 rings (SSSR count). The zero-order valence-electron chi connectivity index (χ0n) is 12.7. The van der Waals surface area contributed by atoms with Crippen molar-refractivity contribution < 1.29 is 17.6 Å². The molecule has 0 spiro atoms. The van der Waals surface area contributed by atoms with Gasteiger partial charge in [-0.25, -0.2) is 0 Å². The third-order valence-corrected chi connectivity index (χ3v) is 3.88. The highest BCUT2D eigenvalue weighted by Crippen LogP contribution is 2.29. The van der Waals surface area contributed by atoms with Gasteiger partial charge in [0.05, 0.1) is 17.5 Å². The zero-order chi connectivity index (χ0) is 17.9. The molecule has 0 atom stereocenters. The highest BCUT2D eigenvalue weighted by Gasteiger charge is 2.29. The highest BCUT2D eigenvalue weighted by atomic mass is 79.9. The Kier molecular flexibility index (Phi) is 4.94. The molecule has 128 valence electrons. The second-order valence-corrected chi connectivity index (χ2v) is 6.07. The molecule has 0 aliphatic rings. The van der Waals surface area contributed by atoms with Gasteiger partial charge in [-0.1, -0.05) is 28.1 Å². The van der Waals surface area contributed by atoms with Crippen LogP contribution in [0.1, 0.15) is 11.3 Å². The Morgan fingerprint density at radius 1 is 0.920 bits per heavy atom. The monoisotopic (exact) mass is 408 g/mol. The fourth-order valence-corrected chi connectivity index (χ4v) is 2.36. The van der Waals surface area contributed by atoms with Crippen molar-refractivity contribution in [1.82, 2.24) is 0 Å². The molecule has 0 aliphatic carbocycles. The first-order chi connectivity index (χ1) is 11.9. The SMILES string of the molecule is FC(F)(F)c1ccc(N/N=C\c2ccc(-c3ccc(Br)cc3)o2)cc1. The van der Waals surface area contributed by atoms with E-state index in [4.69, 9.17) is 4.42 Å². The Balaban J connectivity index is 1.64. The summed E-state index contributed by atoms with van der Waals surface area (Å²) in [7, 11) is 0. The van der Waals surface area contributed by atoms with Crippen molar-refractivity contribution in [2.75, 3.05) is 5.43 Å². The summed E-state index contributed by atoms with van der Waals surface area (Å²) >= 11 is 3.37. The molecule has 1 heterocycles. The number of hydrogen-bond acceptors (Lipinski definition) is 3. The van der Waals surface area contributed by atoms with Crippen LogP contribution in [-0.2, 0) is 6.18 Å². The third-order valence-electron chi connectivity index (χ3n) is 3.35. The molecule has 0 saturated heterocycles. The zero-order valence-corrected chi connectivity index (χ0v) is 14.3. The van der Waals surface area contributed by atoms with Gasteiger partial charge in [-0.15, -0.1) is 0 Å². The Labute approximate surface area is 150 Å². The lowest BCUT2D eigenvalue weighted by molar-refractivity contribution is -0.137. The molecular weight excluding hydrogens is 397 g/mol. The molecule has 1 aromatic heterocycles. The van der Waals surface area contributed by atoms with Gasteiger partial charge in [0.15, 0.2) is 0 Å². The first kappa shape index (κ1) is 17.3. The number of rotatable bonds is 4. The number of nitrogens with one attached hydrogen (secondary N) is 1. The van der Waals surface area contributed by atoms with E-state index in [1.165, 1.54) is 18.3 Å². The second kappa shape index (κ2) is 7.14. The molecule has 3 nitrogen and oxygen atoms in total. The Morgan fingerprint density at radius 3 is 2.24 bits per heavy atom. The van der Waals surface area contributed by atoms with E-state index < -0.39 is 11.7 Å². The molecule has 0 radical (unpaired) electrons. The van der Waals surface area contributed by atoms with Crippen LogP contribution in [0.5, 0.6) is 0 Å². The third kappa shape index (κ3) is 4.51. The summed E-state index contributed by atoms with van der Waals surface area (Å²) in [5.41, 5.74) is 3.34. The summed E-state index contributed by atoms with van der Waals surface area (Å²) in [6.45, 7) is 0. The summed E-state index contributed by atoms with van der Waals surface area (Å²) in [5.74, 6) is 1.22. The molecule has 2 aromatic carbocycles. The maximum atomic E-state index is 12.5. The number of anilines is 1. The number of nitrogens with zero attached hydrogens (tertiary/aromatic N) is 1. The summed E-state index contributed by atoms with van der Waals surface area (Å²) in [6.07, 6.45) is -2.89. The fourth-order valence-electron chi connectivity index (χ4n) is 2.10. The van der Waals surface area contributed by atoms with Crippen molar-refractivity contribution in [3.63, 3.8) is 0 Å². The number of alkyl halides is 3. The summed E-state index contributed by atoms with van der Waals surface area (Å²) < 4.78 is 44.1. The molecule has 7 heteroatoms. The van der Waals surface area contributed by atoms with E-state index in [2.05, 4.69) is 26.5 Å². The summed E-state index contributed by atoms with van der Waals surface area (Å²) in [4.78, 5) is 0. The van der Waals surface area contributed by atoms with Gasteiger partial charge in [0, 0.05) is 10.0 Å². The molecule has 25 heavy (non-hydrogen) atoms. The smallest absolute Gasteiger partial charge is 0.416 e. The van der Waals surface area contributed by atoms with E-state index in [0.717, 1.165) is 22.2 Å². The van der Waals surface area contributed by atoms with Gasteiger partial charge in [0.1, 0.15) is 11.5 Å². The van der Waals surface area contributed by atoms with Crippen LogP contribution in [-0.4, -0.2) is 6.21 Å². The maximum absolute atomic E-state index is 12.5. The van der Waals surface area contributed by atoms with E-state index in [1.54, 1.807) is 6.07 Å². The molecule has 3 aromatic rings. The van der Waals surface area contributed by atoms with Crippen molar-refractivity contribution in [1.29, 1.82) is 0 Å². The molecular formula is C18H12BrF3N2O. The molecule has 0 saturated carbocycles. The predicted octanol–water partition coefficient (Wildman–Crippen LogP) is 6.17. The summed E-state index contributed by atoms with van der Waals surface area (Å²) in [5, 5.41) is 3.97. The van der Waals surface area contributed by atoms with Gasteiger partial charge in [0.2, 0.25) is 0 Å². The van der Waals surface area contributed by atoms with Crippen molar-refractivity contribution in [2.45, 2.75) is 6.18 Å². The molecule has 1 N–H and O–H groups in total. The van der Waals surface area contributed by atoms with E-state index in [1.807, 2.05) is 30.3 Å². The van der Waals surface area contributed by atoms with E-state index >= 15 is 0 Å². The number of hydrogen-bond donors (Lipinski definition) is 1. The van der Waals surface area contributed by atoms with Crippen LogP contribution in [0.3, 0.4) is 0 Å². The van der Waals surface area contributed by atoms with Crippen LogP contribution in [0, 0.1) is 0 Å². The lowest BCUT2D eigenvalue weighted by Crippen LogP contribution is -2.04. The van der Waals surface area contributed by atoms with Crippen LogP contribution in [0.15, 0.2) is 74.7 Å². The first-order valence-corrected chi connectivity index (χ1v) is 8.03. The van der Waals surface area contributed by atoms with Crippen LogP contribution in [0.2, 0.25) is 0 Å². The maximum Gasteiger partial charge on any atom is 0.416 e. The Hall–Kier alpha value is -2.54. The van der Waals surface area contributed by atoms with Crippen LogP contribution in [0.4, 0.5) is 18.9 Å². The van der Waals surface area contributed by atoms with Crippen molar-refractivity contribution in [3.05, 3.63) is 76.5 Å². The van der Waals surface area contributed by atoms with E-state index in [0.29, 0.717) is 17.2 Å². The van der Waals surface area contributed by atoms with Crippen molar-refractivity contribution in [2.24, 2.45) is 5.10 Å². The normalized spacial score (nSPS) is 11.8. The summed E-state index contributed by atoms with van der Waals surface area (Å²) in [6, 6.07) is 15.9. The minimum atomic E-state index is -4.35. The van der Waals surface area contributed by atoms with E-state index in [9.17, 15) is 13.2 Å². The minimum Gasteiger partial charge on any atom is -0.455 e. The van der Waals surface area contributed by atoms with Crippen molar-refractivity contribution in [3.8, 4) is 11.3 Å². The number of furan rings is 1.